The van der Waals surface area contributed by atoms with Crippen LogP contribution in [0.15, 0.2) is 48.5 Å². The van der Waals surface area contributed by atoms with Gasteiger partial charge in [0.15, 0.2) is 5.78 Å². The SMILES string of the molecule is N#Cc1ccc(C(=O)c2cccc(CN3CCCCC3)c2)cc1. The standard InChI is InChI=1S/C20H20N2O/c21-14-16-7-9-18(10-8-16)20(23)19-6-4-5-17(13-19)15-22-11-2-1-3-12-22/h4-10,13H,1-3,11-12,15H2. The molecule has 2 aromatic carbocycles. The summed E-state index contributed by atoms with van der Waals surface area (Å²) in [5.41, 5.74) is 3.09. The predicted octanol–water partition coefficient (Wildman–Crippen LogP) is 3.78. The van der Waals surface area contributed by atoms with Crippen LogP contribution in [0.3, 0.4) is 0 Å². The molecule has 0 aromatic heterocycles. The van der Waals surface area contributed by atoms with Gasteiger partial charge in [0.2, 0.25) is 0 Å². The Morgan fingerprint density at radius 3 is 2.43 bits per heavy atom. The van der Waals surface area contributed by atoms with E-state index in [2.05, 4.69) is 17.0 Å². The van der Waals surface area contributed by atoms with Crippen molar-refractivity contribution >= 4 is 5.78 Å². The Morgan fingerprint density at radius 2 is 1.74 bits per heavy atom. The number of hydrogen-bond donors (Lipinski definition) is 0. The van der Waals surface area contributed by atoms with Crippen molar-refractivity contribution in [2.75, 3.05) is 13.1 Å². The summed E-state index contributed by atoms with van der Waals surface area (Å²) >= 11 is 0. The first kappa shape index (κ1) is 15.5. The monoisotopic (exact) mass is 304 g/mol. The summed E-state index contributed by atoms with van der Waals surface area (Å²) in [6, 6.07) is 16.8. The Hall–Kier alpha value is -2.44. The van der Waals surface area contributed by atoms with Gasteiger partial charge in [-0.25, -0.2) is 0 Å². The molecule has 0 unspecified atom stereocenters. The molecular formula is C20H20N2O. The van der Waals surface area contributed by atoms with Gasteiger partial charge in [0.25, 0.3) is 0 Å². The minimum absolute atomic E-state index is 0.00924. The molecule has 0 saturated carbocycles. The lowest BCUT2D eigenvalue weighted by Crippen LogP contribution is -2.29. The Bertz CT molecular complexity index is 722. The van der Waals surface area contributed by atoms with Crippen molar-refractivity contribution < 1.29 is 4.79 Å². The number of ketones is 1. The molecular weight excluding hydrogens is 284 g/mol. The number of nitrogens with zero attached hydrogens (tertiary/aromatic N) is 2. The molecule has 1 fully saturated rings. The Balaban J connectivity index is 1.75. The van der Waals surface area contributed by atoms with E-state index in [0.29, 0.717) is 16.7 Å². The third kappa shape index (κ3) is 3.85. The summed E-state index contributed by atoms with van der Waals surface area (Å²) in [4.78, 5) is 15.0. The number of rotatable bonds is 4. The molecule has 0 spiro atoms. The summed E-state index contributed by atoms with van der Waals surface area (Å²) in [5.74, 6) is 0.00924. The van der Waals surface area contributed by atoms with E-state index < -0.39 is 0 Å². The molecule has 3 heteroatoms. The van der Waals surface area contributed by atoms with Gasteiger partial charge in [0.05, 0.1) is 11.6 Å². The van der Waals surface area contributed by atoms with Crippen LogP contribution >= 0.6 is 0 Å². The predicted molar refractivity (Wildman–Crippen MR) is 90.2 cm³/mol. The Kier molecular flexibility index (Phi) is 4.85. The smallest absolute Gasteiger partial charge is 0.193 e. The van der Waals surface area contributed by atoms with Gasteiger partial charge in [-0.05, 0) is 61.8 Å². The summed E-state index contributed by atoms with van der Waals surface area (Å²) < 4.78 is 0. The Labute approximate surface area is 137 Å². The second-order valence-electron chi connectivity index (χ2n) is 6.06. The van der Waals surface area contributed by atoms with Gasteiger partial charge in [0, 0.05) is 17.7 Å². The zero-order chi connectivity index (χ0) is 16.1. The number of nitriles is 1. The van der Waals surface area contributed by atoms with Crippen LogP contribution in [0.4, 0.5) is 0 Å². The molecule has 1 saturated heterocycles. The minimum Gasteiger partial charge on any atom is -0.299 e. The first-order chi connectivity index (χ1) is 11.3. The van der Waals surface area contributed by atoms with E-state index >= 15 is 0 Å². The van der Waals surface area contributed by atoms with Crippen molar-refractivity contribution in [2.45, 2.75) is 25.8 Å². The van der Waals surface area contributed by atoms with Crippen LogP contribution in [0, 0.1) is 11.3 Å². The third-order valence-electron chi connectivity index (χ3n) is 4.32. The molecule has 0 radical (unpaired) electrons. The quantitative estimate of drug-likeness (QED) is 0.808. The van der Waals surface area contributed by atoms with Crippen LogP contribution in [0.1, 0.15) is 46.3 Å². The van der Waals surface area contributed by atoms with E-state index in [-0.39, 0.29) is 5.78 Å². The molecule has 1 aliphatic rings. The molecule has 1 heterocycles. The molecule has 0 amide bonds. The van der Waals surface area contributed by atoms with Gasteiger partial charge in [-0.3, -0.25) is 9.69 Å². The van der Waals surface area contributed by atoms with E-state index in [0.717, 1.165) is 19.6 Å². The highest BCUT2D eigenvalue weighted by molar-refractivity contribution is 6.09. The van der Waals surface area contributed by atoms with Crippen LogP contribution in [0.25, 0.3) is 0 Å². The van der Waals surface area contributed by atoms with Crippen molar-refractivity contribution in [3.8, 4) is 6.07 Å². The molecule has 0 bridgehead atoms. The maximum atomic E-state index is 12.6. The van der Waals surface area contributed by atoms with Crippen molar-refractivity contribution in [1.29, 1.82) is 5.26 Å². The van der Waals surface area contributed by atoms with Crippen molar-refractivity contribution in [1.82, 2.24) is 4.90 Å². The number of hydrogen-bond acceptors (Lipinski definition) is 3. The number of likely N-dealkylation sites (tertiary alicyclic amines) is 1. The number of benzene rings is 2. The molecule has 116 valence electrons. The Morgan fingerprint density at radius 1 is 1.00 bits per heavy atom. The fraction of sp³-hybridized carbons (Fsp3) is 0.300. The van der Waals surface area contributed by atoms with Gasteiger partial charge >= 0.3 is 0 Å². The van der Waals surface area contributed by atoms with Gasteiger partial charge < -0.3 is 0 Å². The van der Waals surface area contributed by atoms with Crippen molar-refractivity contribution in [3.05, 3.63) is 70.8 Å². The van der Waals surface area contributed by atoms with E-state index in [9.17, 15) is 4.79 Å². The van der Waals surface area contributed by atoms with Crippen LogP contribution in [-0.2, 0) is 6.54 Å². The van der Waals surface area contributed by atoms with Crippen molar-refractivity contribution in [2.24, 2.45) is 0 Å². The molecule has 3 rings (SSSR count). The van der Waals surface area contributed by atoms with Gasteiger partial charge in [0.1, 0.15) is 0 Å². The van der Waals surface area contributed by atoms with Crippen molar-refractivity contribution in [3.63, 3.8) is 0 Å². The lowest BCUT2D eigenvalue weighted by atomic mass is 10.00. The fourth-order valence-electron chi connectivity index (χ4n) is 3.05. The zero-order valence-electron chi connectivity index (χ0n) is 13.2. The molecule has 0 N–H and O–H groups in total. The number of piperidine rings is 1. The second kappa shape index (κ2) is 7.21. The molecule has 2 aromatic rings. The van der Waals surface area contributed by atoms with Crippen LogP contribution < -0.4 is 0 Å². The van der Waals surface area contributed by atoms with E-state index in [1.54, 1.807) is 24.3 Å². The first-order valence-electron chi connectivity index (χ1n) is 8.12. The minimum atomic E-state index is 0.00924. The maximum absolute atomic E-state index is 12.6. The molecule has 1 aliphatic heterocycles. The summed E-state index contributed by atoms with van der Waals surface area (Å²) in [6.07, 6.45) is 3.86. The van der Waals surface area contributed by atoms with Crippen LogP contribution in [0.2, 0.25) is 0 Å². The van der Waals surface area contributed by atoms with E-state index in [1.807, 2.05) is 18.2 Å². The average molecular weight is 304 g/mol. The van der Waals surface area contributed by atoms with E-state index in [1.165, 1.54) is 24.8 Å². The molecule has 23 heavy (non-hydrogen) atoms. The largest absolute Gasteiger partial charge is 0.299 e. The van der Waals surface area contributed by atoms with E-state index in [4.69, 9.17) is 5.26 Å². The highest BCUT2D eigenvalue weighted by Gasteiger charge is 2.13. The van der Waals surface area contributed by atoms with Gasteiger partial charge in [-0.2, -0.15) is 5.26 Å². The summed E-state index contributed by atoms with van der Waals surface area (Å²) in [6.45, 7) is 3.20. The molecule has 3 nitrogen and oxygen atoms in total. The first-order valence-corrected chi connectivity index (χ1v) is 8.12. The lowest BCUT2D eigenvalue weighted by molar-refractivity contribution is 0.103. The summed E-state index contributed by atoms with van der Waals surface area (Å²) in [7, 11) is 0. The molecule has 0 atom stereocenters. The fourth-order valence-corrected chi connectivity index (χ4v) is 3.05. The lowest BCUT2D eigenvalue weighted by Gasteiger charge is -2.26. The van der Waals surface area contributed by atoms with Crippen LogP contribution in [0.5, 0.6) is 0 Å². The number of carbonyl (C=O) groups is 1. The van der Waals surface area contributed by atoms with Gasteiger partial charge in [-0.1, -0.05) is 24.6 Å². The second-order valence-corrected chi connectivity index (χ2v) is 6.06. The highest BCUT2D eigenvalue weighted by Crippen LogP contribution is 2.16. The normalized spacial score (nSPS) is 15.1. The molecule has 0 aliphatic carbocycles. The number of carbonyl (C=O) groups excluding carboxylic acids is 1. The average Bonchev–Trinajstić information content (AvgIpc) is 2.62. The van der Waals surface area contributed by atoms with Crippen LogP contribution in [-0.4, -0.2) is 23.8 Å². The highest BCUT2D eigenvalue weighted by atomic mass is 16.1. The third-order valence-corrected chi connectivity index (χ3v) is 4.32. The topological polar surface area (TPSA) is 44.1 Å². The van der Waals surface area contributed by atoms with Gasteiger partial charge in [-0.15, -0.1) is 0 Å². The maximum Gasteiger partial charge on any atom is 0.193 e. The zero-order valence-corrected chi connectivity index (χ0v) is 13.2. The summed E-state index contributed by atoms with van der Waals surface area (Å²) in [5, 5.41) is 8.84.